The average molecular weight is 357 g/mol. The third kappa shape index (κ3) is 5.45. The van der Waals surface area contributed by atoms with Crippen LogP contribution in [-0.2, 0) is 9.53 Å². The van der Waals surface area contributed by atoms with E-state index in [0.29, 0.717) is 42.9 Å². The number of hydrogen-bond donors (Lipinski definition) is 1. The van der Waals surface area contributed by atoms with Crippen LogP contribution in [0.1, 0.15) is 50.9 Å². The van der Waals surface area contributed by atoms with Gasteiger partial charge in [-0.3, -0.25) is 9.59 Å². The van der Waals surface area contributed by atoms with Crippen molar-refractivity contribution in [1.82, 2.24) is 5.32 Å². The van der Waals surface area contributed by atoms with Gasteiger partial charge in [-0.15, -0.1) is 0 Å². The van der Waals surface area contributed by atoms with Crippen LogP contribution in [0.25, 0.3) is 0 Å². The van der Waals surface area contributed by atoms with Gasteiger partial charge in [-0.05, 0) is 56.1 Å². The van der Waals surface area contributed by atoms with Crippen molar-refractivity contribution in [2.24, 2.45) is 23.7 Å². The maximum absolute atomic E-state index is 12.3. The third-order valence-corrected chi connectivity index (χ3v) is 5.34. The first-order chi connectivity index (χ1) is 12.4. The van der Waals surface area contributed by atoms with E-state index in [1.165, 1.54) is 5.57 Å². The first kappa shape index (κ1) is 20.2. The van der Waals surface area contributed by atoms with E-state index in [-0.39, 0.29) is 17.8 Å². The van der Waals surface area contributed by atoms with Crippen LogP contribution >= 0.6 is 0 Å². The van der Waals surface area contributed by atoms with Gasteiger partial charge in [-0.25, -0.2) is 0 Å². The zero-order valence-corrected chi connectivity index (χ0v) is 16.3. The Labute approximate surface area is 157 Å². The van der Waals surface area contributed by atoms with Crippen molar-refractivity contribution >= 4 is 11.9 Å². The van der Waals surface area contributed by atoms with Gasteiger partial charge in [0.05, 0.1) is 13.0 Å². The Morgan fingerprint density at radius 2 is 1.92 bits per heavy atom. The first-order valence-electron chi connectivity index (χ1n) is 9.59. The number of ether oxygens (including phenoxy) is 1. The molecule has 0 unspecified atom stereocenters. The molecule has 0 radical (unpaired) electrons. The number of carbonyl (C=O) groups is 2. The molecule has 0 heterocycles. The number of rotatable bonds is 7. The maximum Gasteiger partial charge on any atom is 0.306 e. The standard InChI is InChI=1S/C22H31NO3/c1-5-26-21(24)13-18-12-20(15(2)3)19(11-16(18)4)14-23-22(25)17-9-7-6-8-10-17/h6-11,15,18-20H,5,12-14H2,1-4H3,(H,23,25)/t18-,19-,20-/m0/s1. The molecule has 0 saturated heterocycles. The summed E-state index contributed by atoms with van der Waals surface area (Å²) in [7, 11) is 0. The highest BCUT2D eigenvalue weighted by atomic mass is 16.5. The molecule has 0 aromatic heterocycles. The highest BCUT2D eigenvalue weighted by molar-refractivity contribution is 5.94. The van der Waals surface area contributed by atoms with Crippen molar-refractivity contribution in [2.75, 3.05) is 13.2 Å². The molecule has 0 saturated carbocycles. The monoisotopic (exact) mass is 357 g/mol. The lowest BCUT2D eigenvalue weighted by Crippen LogP contribution is -2.37. The Morgan fingerprint density at radius 3 is 2.54 bits per heavy atom. The third-order valence-electron chi connectivity index (χ3n) is 5.34. The van der Waals surface area contributed by atoms with Crippen LogP contribution < -0.4 is 5.32 Å². The Bertz CT molecular complexity index is 636. The van der Waals surface area contributed by atoms with Gasteiger partial charge in [-0.2, -0.15) is 0 Å². The van der Waals surface area contributed by atoms with Gasteiger partial charge in [0.2, 0.25) is 0 Å². The topological polar surface area (TPSA) is 55.4 Å². The SMILES string of the molecule is CCOC(=O)C[C@@H]1C[C@@H](C(C)C)[C@H](CNC(=O)c2ccccc2)C=C1C. The Hall–Kier alpha value is -2.10. The first-order valence-corrected chi connectivity index (χ1v) is 9.59. The highest BCUT2D eigenvalue weighted by Crippen LogP contribution is 2.38. The molecule has 4 heteroatoms. The van der Waals surface area contributed by atoms with E-state index in [4.69, 9.17) is 4.74 Å². The van der Waals surface area contributed by atoms with Crippen molar-refractivity contribution in [3.63, 3.8) is 0 Å². The zero-order chi connectivity index (χ0) is 19.1. The number of amides is 1. The van der Waals surface area contributed by atoms with Gasteiger partial charge >= 0.3 is 5.97 Å². The van der Waals surface area contributed by atoms with Crippen molar-refractivity contribution in [3.8, 4) is 0 Å². The number of esters is 1. The Kier molecular flexibility index (Phi) is 7.43. The summed E-state index contributed by atoms with van der Waals surface area (Å²) >= 11 is 0. The maximum atomic E-state index is 12.3. The van der Waals surface area contributed by atoms with E-state index in [2.05, 4.69) is 32.2 Å². The summed E-state index contributed by atoms with van der Waals surface area (Å²) in [6.45, 7) is 9.41. The van der Waals surface area contributed by atoms with Crippen LogP contribution in [-0.4, -0.2) is 25.0 Å². The van der Waals surface area contributed by atoms with Crippen molar-refractivity contribution in [2.45, 2.75) is 40.5 Å². The second-order valence-corrected chi connectivity index (χ2v) is 7.50. The lowest BCUT2D eigenvalue weighted by atomic mass is 9.70. The van der Waals surface area contributed by atoms with Crippen molar-refractivity contribution in [3.05, 3.63) is 47.5 Å². The molecule has 142 valence electrons. The molecule has 0 fully saturated rings. The minimum atomic E-state index is -0.122. The van der Waals surface area contributed by atoms with Gasteiger partial charge in [0, 0.05) is 12.1 Å². The minimum absolute atomic E-state index is 0.0344. The predicted octanol–water partition coefficient (Wildman–Crippen LogP) is 4.22. The molecule has 1 aliphatic rings. The lowest BCUT2D eigenvalue weighted by Gasteiger charge is -2.37. The molecule has 1 amide bonds. The van der Waals surface area contributed by atoms with Crippen LogP contribution in [0.4, 0.5) is 0 Å². The van der Waals surface area contributed by atoms with E-state index in [1.54, 1.807) is 0 Å². The van der Waals surface area contributed by atoms with E-state index < -0.39 is 0 Å². The van der Waals surface area contributed by atoms with E-state index >= 15 is 0 Å². The molecule has 4 nitrogen and oxygen atoms in total. The Morgan fingerprint density at radius 1 is 1.23 bits per heavy atom. The molecule has 2 rings (SSSR count). The highest BCUT2D eigenvalue weighted by Gasteiger charge is 2.32. The van der Waals surface area contributed by atoms with Gasteiger partial charge in [0.1, 0.15) is 0 Å². The lowest BCUT2D eigenvalue weighted by molar-refractivity contribution is -0.144. The van der Waals surface area contributed by atoms with Crippen LogP contribution in [0.3, 0.4) is 0 Å². The van der Waals surface area contributed by atoms with Crippen LogP contribution in [0.5, 0.6) is 0 Å². The van der Waals surface area contributed by atoms with Gasteiger partial charge in [0.25, 0.3) is 5.91 Å². The van der Waals surface area contributed by atoms with E-state index in [9.17, 15) is 9.59 Å². The fourth-order valence-corrected chi connectivity index (χ4v) is 3.83. The quantitative estimate of drug-likeness (QED) is 0.587. The number of nitrogens with one attached hydrogen (secondary N) is 1. The van der Waals surface area contributed by atoms with Crippen molar-refractivity contribution in [1.29, 1.82) is 0 Å². The summed E-state index contributed by atoms with van der Waals surface area (Å²) in [5, 5.41) is 3.07. The zero-order valence-electron chi connectivity index (χ0n) is 16.3. The molecule has 0 aliphatic heterocycles. The number of hydrogen-bond acceptors (Lipinski definition) is 3. The van der Waals surface area contributed by atoms with Crippen molar-refractivity contribution < 1.29 is 14.3 Å². The van der Waals surface area contributed by atoms with Crippen LogP contribution in [0, 0.1) is 23.7 Å². The molecule has 0 spiro atoms. The molecule has 26 heavy (non-hydrogen) atoms. The summed E-state index contributed by atoms with van der Waals surface area (Å²) in [6.07, 6.45) is 3.66. The summed E-state index contributed by atoms with van der Waals surface area (Å²) in [5.41, 5.74) is 1.92. The summed E-state index contributed by atoms with van der Waals surface area (Å²) in [5.74, 6) is 1.30. The molecular weight excluding hydrogens is 326 g/mol. The Balaban J connectivity index is 2.03. The summed E-state index contributed by atoms with van der Waals surface area (Å²) in [4.78, 5) is 24.2. The summed E-state index contributed by atoms with van der Waals surface area (Å²) in [6, 6.07) is 9.30. The van der Waals surface area contributed by atoms with Gasteiger partial charge in [-0.1, -0.05) is 43.7 Å². The molecule has 0 bridgehead atoms. The predicted molar refractivity (Wildman–Crippen MR) is 104 cm³/mol. The number of carbonyl (C=O) groups excluding carboxylic acids is 2. The fraction of sp³-hybridized carbons (Fsp3) is 0.545. The molecule has 1 aromatic rings. The van der Waals surface area contributed by atoms with Crippen LogP contribution in [0.15, 0.2) is 42.0 Å². The molecular formula is C22H31NO3. The summed E-state index contributed by atoms with van der Waals surface area (Å²) < 4.78 is 5.12. The average Bonchev–Trinajstić information content (AvgIpc) is 2.62. The minimum Gasteiger partial charge on any atom is -0.466 e. The molecule has 1 aromatic carbocycles. The van der Waals surface area contributed by atoms with E-state index in [0.717, 1.165) is 6.42 Å². The molecule has 3 atom stereocenters. The van der Waals surface area contributed by atoms with Crippen LogP contribution in [0.2, 0.25) is 0 Å². The number of allylic oxidation sites excluding steroid dienone is 1. The molecule has 1 aliphatic carbocycles. The normalized spacial score (nSPS) is 22.7. The smallest absolute Gasteiger partial charge is 0.306 e. The van der Waals surface area contributed by atoms with E-state index in [1.807, 2.05) is 37.3 Å². The molecule has 1 N–H and O–H groups in total. The second kappa shape index (κ2) is 9.56. The second-order valence-electron chi connectivity index (χ2n) is 7.50. The van der Waals surface area contributed by atoms with Gasteiger partial charge in [0.15, 0.2) is 0 Å². The fourth-order valence-electron chi connectivity index (χ4n) is 3.83. The van der Waals surface area contributed by atoms with Gasteiger partial charge < -0.3 is 10.1 Å². The number of benzene rings is 1. The largest absolute Gasteiger partial charge is 0.466 e.